The van der Waals surface area contributed by atoms with E-state index < -0.39 is 7.91 Å². The molecular weight excluding hydrogens is 135 g/mol. The summed E-state index contributed by atoms with van der Waals surface area (Å²) in [7, 11) is -5.13. The zero-order chi connectivity index (χ0) is 6.78. The van der Waals surface area contributed by atoms with Gasteiger partial charge in [-0.1, -0.05) is 0 Å². The quantitative estimate of drug-likeness (QED) is 0.407. The fourth-order valence-electron chi connectivity index (χ4n) is 0.233. The van der Waals surface area contributed by atoms with Crippen LogP contribution in [0.1, 0.15) is 13.8 Å². The summed E-state index contributed by atoms with van der Waals surface area (Å²) in [5.74, 6) is 0. The molecule has 0 atom stereocenters. The zero-order valence-corrected chi connectivity index (χ0v) is 5.45. The second-order valence-electron chi connectivity index (χ2n) is 1.48. The fraction of sp³-hybridized carbons (Fsp3) is 0.667. The van der Waals surface area contributed by atoms with E-state index in [2.05, 4.69) is 4.76 Å². The van der Waals surface area contributed by atoms with Gasteiger partial charge in [0.2, 0.25) is 0 Å². The van der Waals surface area contributed by atoms with E-state index in [1.165, 1.54) is 13.8 Å². The highest BCUT2D eigenvalue weighted by Crippen LogP contribution is 2.50. The molecule has 0 N–H and O–H groups in total. The van der Waals surface area contributed by atoms with Gasteiger partial charge < -0.3 is 0 Å². The van der Waals surface area contributed by atoms with Crippen LogP contribution in [0.5, 0.6) is 0 Å². The lowest BCUT2D eigenvalue weighted by Crippen LogP contribution is -1.75. The highest BCUT2D eigenvalue weighted by molar-refractivity contribution is 7.51. The molecule has 0 aromatic rings. The van der Waals surface area contributed by atoms with Crippen molar-refractivity contribution in [3.05, 3.63) is 0 Å². The first-order valence-electron chi connectivity index (χ1n) is 1.94. The van der Waals surface area contributed by atoms with Crippen molar-refractivity contribution >= 4 is 13.6 Å². The predicted octanol–water partition coefficient (Wildman–Crippen LogP) is 2.51. The largest absolute Gasteiger partial charge is 0.529 e. The first kappa shape index (κ1) is 7.76. The van der Waals surface area contributed by atoms with Crippen LogP contribution in [0.15, 0.2) is 4.76 Å². The number of halogens is 2. The molecule has 0 rings (SSSR count). The van der Waals surface area contributed by atoms with E-state index in [4.69, 9.17) is 0 Å². The van der Waals surface area contributed by atoms with Crippen molar-refractivity contribution < 1.29 is 13.0 Å². The summed E-state index contributed by atoms with van der Waals surface area (Å²) in [4.78, 5) is 0. The van der Waals surface area contributed by atoms with Gasteiger partial charge in [-0.3, -0.25) is 0 Å². The molecular formula is C3H6F2NOP. The standard InChI is InChI=1S/C3H6F2NOP/c1-3(2)6-8(4,5)7/h1-2H3. The minimum atomic E-state index is -5.13. The Hall–Kier alpha value is -0.240. The first-order chi connectivity index (χ1) is 3.42. The van der Waals surface area contributed by atoms with Gasteiger partial charge in [0.05, 0.1) is 0 Å². The highest BCUT2D eigenvalue weighted by Gasteiger charge is 2.15. The molecule has 0 saturated carbocycles. The highest BCUT2D eigenvalue weighted by atomic mass is 31.2. The molecule has 0 aliphatic rings. The zero-order valence-electron chi connectivity index (χ0n) is 4.56. The van der Waals surface area contributed by atoms with Crippen molar-refractivity contribution in [3.8, 4) is 0 Å². The Morgan fingerprint density at radius 3 is 1.88 bits per heavy atom. The van der Waals surface area contributed by atoms with Crippen LogP contribution in [0.2, 0.25) is 0 Å². The summed E-state index contributed by atoms with van der Waals surface area (Å²) in [6.45, 7) is 2.73. The summed E-state index contributed by atoms with van der Waals surface area (Å²) >= 11 is 0. The van der Waals surface area contributed by atoms with Crippen LogP contribution in [0.3, 0.4) is 0 Å². The lowest BCUT2D eigenvalue weighted by molar-refractivity contribution is 0.496. The van der Waals surface area contributed by atoms with Crippen LogP contribution < -0.4 is 0 Å². The van der Waals surface area contributed by atoms with Gasteiger partial charge in [0.25, 0.3) is 0 Å². The maximum atomic E-state index is 11.3. The van der Waals surface area contributed by atoms with Crippen molar-refractivity contribution in [2.24, 2.45) is 4.76 Å². The predicted molar refractivity (Wildman–Crippen MR) is 28.6 cm³/mol. The Morgan fingerprint density at radius 2 is 1.88 bits per heavy atom. The van der Waals surface area contributed by atoms with Crippen molar-refractivity contribution in [3.63, 3.8) is 0 Å². The molecule has 0 amide bonds. The normalized spacial score (nSPS) is 11.0. The molecule has 0 aromatic heterocycles. The molecule has 0 fully saturated rings. The maximum Gasteiger partial charge on any atom is 0.529 e. The van der Waals surface area contributed by atoms with Crippen LogP contribution in [-0.4, -0.2) is 5.71 Å². The molecule has 0 saturated heterocycles. The molecule has 0 aromatic carbocycles. The molecule has 2 nitrogen and oxygen atoms in total. The number of hydrogen-bond acceptors (Lipinski definition) is 1. The molecule has 0 heterocycles. The van der Waals surface area contributed by atoms with E-state index in [0.29, 0.717) is 0 Å². The number of rotatable bonds is 1. The third kappa shape index (κ3) is 5.76. The fourth-order valence-corrected chi connectivity index (χ4v) is 0.699. The molecule has 0 aliphatic carbocycles. The Kier molecular flexibility index (Phi) is 2.28. The lowest BCUT2D eigenvalue weighted by Gasteiger charge is -1.87. The van der Waals surface area contributed by atoms with Crippen molar-refractivity contribution in [2.45, 2.75) is 13.8 Å². The van der Waals surface area contributed by atoms with Gasteiger partial charge in [-0.15, -0.1) is 8.39 Å². The first-order valence-corrected chi connectivity index (χ1v) is 3.39. The van der Waals surface area contributed by atoms with Crippen LogP contribution in [0.4, 0.5) is 8.39 Å². The van der Waals surface area contributed by atoms with Gasteiger partial charge in [-0.2, -0.15) is 4.76 Å². The van der Waals surface area contributed by atoms with E-state index >= 15 is 0 Å². The Morgan fingerprint density at radius 1 is 1.50 bits per heavy atom. The minimum Gasteiger partial charge on any atom is -0.224 e. The molecule has 48 valence electrons. The van der Waals surface area contributed by atoms with Crippen LogP contribution in [0, 0.1) is 0 Å². The lowest BCUT2D eigenvalue weighted by atomic mass is 10.5. The topological polar surface area (TPSA) is 29.4 Å². The third-order valence-electron chi connectivity index (χ3n) is 0.316. The second kappa shape index (κ2) is 2.35. The summed E-state index contributed by atoms with van der Waals surface area (Å²) in [5.41, 5.74) is 0.137. The molecule has 8 heavy (non-hydrogen) atoms. The smallest absolute Gasteiger partial charge is 0.224 e. The van der Waals surface area contributed by atoms with E-state index in [9.17, 15) is 13.0 Å². The van der Waals surface area contributed by atoms with E-state index in [1.54, 1.807) is 0 Å². The van der Waals surface area contributed by atoms with Crippen LogP contribution in [-0.2, 0) is 4.57 Å². The third-order valence-corrected chi connectivity index (χ3v) is 0.949. The maximum absolute atomic E-state index is 11.3. The minimum absolute atomic E-state index is 0.137. The Labute approximate surface area is 46.3 Å². The van der Waals surface area contributed by atoms with E-state index in [-0.39, 0.29) is 5.71 Å². The summed E-state index contributed by atoms with van der Waals surface area (Å²) < 4.78 is 34.7. The molecule has 5 heteroatoms. The van der Waals surface area contributed by atoms with Crippen molar-refractivity contribution in [2.75, 3.05) is 0 Å². The number of hydrogen-bond donors (Lipinski definition) is 0. The van der Waals surface area contributed by atoms with Gasteiger partial charge in [0, 0.05) is 5.71 Å². The van der Waals surface area contributed by atoms with Crippen LogP contribution >= 0.6 is 7.91 Å². The molecule has 0 spiro atoms. The Balaban J connectivity index is 4.11. The van der Waals surface area contributed by atoms with Gasteiger partial charge in [0.1, 0.15) is 0 Å². The monoisotopic (exact) mass is 141 g/mol. The van der Waals surface area contributed by atoms with Gasteiger partial charge >= 0.3 is 7.91 Å². The molecule has 0 bridgehead atoms. The SMILES string of the molecule is CC(C)=NP(=O)(F)F. The molecule has 0 radical (unpaired) electrons. The Bertz CT molecular complexity index is 145. The van der Waals surface area contributed by atoms with E-state index in [1.807, 2.05) is 0 Å². The second-order valence-corrected chi connectivity index (χ2v) is 2.55. The number of nitrogens with zero attached hydrogens (tertiary/aromatic N) is 1. The summed E-state index contributed by atoms with van der Waals surface area (Å²) in [5, 5.41) is 0. The molecule has 0 unspecified atom stereocenters. The van der Waals surface area contributed by atoms with E-state index in [0.717, 1.165) is 0 Å². The average Bonchev–Trinajstić information content (AvgIpc) is 1.21. The van der Waals surface area contributed by atoms with Crippen molar-refractivity contribution in [1.29, 1.82) is 0 Å². The van der Waals surface area contributed by atoms with Crippen LogP contribution in [0.25, 0.3) is 0 Å². The molecule has 0 aliphatic heterocycles. The van der Waals surface area contributed by atoms with Gasteiger partial charge in [-0.05, 0) is 13.8 Å². The van der Waals surface area contributed by atoms with Crippen molar-refractivity contribution in [1.82, 2.24) is 0 Å². The summed E-state index contributed by atoms with van der Waals surface area (Å²) in [6.07, 6.45) is 0. The average molecular weight is 141 g/mol. The van der Waals surface area contributed by atoms with Gasteiger partial charge in [-0.25, -0.2) is 4.57 Å². The summed E-state index contributed by atoms with van der Waals surface area (Å²) in [6, 6.07) is 0. The van der Waals surface area contributed by atoms with Gasteiger partial charge in [0.15, 0.2) is 0 Å².